The minimum atomic E-state index is -0.259. The van der Waals surface area contributed by atoms with E-state index in [9.17, 15) is 4.79 Å². The highest BCUT2D eigenvalue weighted by Crippen LogP contribution is 2.35. The lowest BCUT2D eigenvalue weighted by Crippen LogP contribution is -2.02. The highest BCUT2D eigenvalue weighted by atomic mass is 79.9. The topological polar surface area (TPSA) is 26.3 Å². The van der Waals surface area contributed by atoms with Crippen LogP contribution in [0.15, 0.2) is 28.7 Å². The number of thiophene rings is 1. The van der Waals surface area contributed by atoms with Crippen LogP contribution in [0.4, 0.5) is 0 Å². The summed E-state index contributed by atoms with van der Waals surface area (Å²) in [6.07, 6.45) is 0. The van der Waals surface area contributed by atoms with Gasteiger partial charge in [-0.2, -0.15) is 0 Å². The van der Waals surface area contributed by atoms with E-state index in [0.29, 0.717) is 11.5 Å². The smallest absolute Gasteiger partial charge is 0.349 e. The summed E-state index contributed by atoms with van der Waals surface area (Å²) in [6, 6.07) is 7.89. The lowest BCUT2D eigenvalue weighted by molar-refractivity contribution is 0.0531. The first-order valence-electron chi connectivity index (χ1n) is 4.58. The van der Waals surface area contributed by atoms with Crippen molar-refractivity contribution in [3.05, 3.63) is 33.6 Å². The molecule has 0 amide bonds. The second-order valence-corrected chi connectivity index (χ2v) is 4.81. The molecule has 0 unspecified atom stereocenters. The van der Waals surface area contributed by atoms with Crippen molar-refractivity contribution in [3.8, 4) is 0 Å². The number of ether oxygens (including phenoxy) is 1. The van der Waals surface area contributed by atoms with Gasteiger partial charge in [0.2, 0.25) is 0 Å². The van der Waals surface area contributed by atoms with E-state index in [-0.39, 0.29) is 5.97 Å². The van der Waals surface area contributed by atoms with Crippen molar-refractivity contribution in [3.63, 3.8) is 0 Å². The average Bonchev–Trinajstić information content (AvgIpc) is 2.57. The zero-order valence-electron chi connectivity index (χ0n) is 8.12. The van der Waals surface area contributed by atoms with Gasteiger partial charge in [-0.1, -0.05) is 18.2 Å². The Bertz CT molecular complexity index is 504. The monoisotopic (exact) mass is 284 g/mol. The van der Waals surface area contributed by atoms with Gasteiger partial charge in [-0.15, -0.1) is 11.3 Å². The highest BCUT2D eigenvalue weighted by Gasteiger charge is 2.16. The van der Waals surface area contributed by atoms with E-state index in [2.05, 4.69) is 15.9 Å². The third-order valence-electron chi connectivity index (χ3n) is 2.00. The molecule has 15 heavy (non-hydrogen) atoms. The van der Waals surface area contributed by atoms with Crippen molar-refractivity contribution in [1.29, 1.82) is 0 Å². The maximum atomic E-state index is 11.6. The first-order chi connectivity index (χ1) is 7.24. The van der Waals surface area contributed by atoms with E-state index < -0.39 is 0 Å². The van der Waals surface area contributed by atoms with Crippen LogP contribution in [0.5, 0.6) is 0 Å². The van der Waals surface area contributed by atoms with Crippen LogP contribution in [-0.4, -0.2) is 12.6 Å². The summed E-state index contributed by atoms with van der Waals surface area (Å²) < 4.78 is 6.90. The summed E-state index contributed by atoms with van der Waals surface area (Å²) in [7, 11) is 0. The van der Waals surface area contributed by atoms with E-state index >= 15 is 0 Å². The number of fused-ring (bicyclic) bond motifs is 1. The zero-order chi connectivity index (χ0) is 10.8. The molecule has 0 aliphatic carbocycles. The molecule has 0 aliphatic rings. The average molecular weight is 285 g/mol. The van der Waals surface area contributed by atoms with Crippen LogP contribution in [-0.2, 0) is 4.74 Å². The Balaban J connectivity index is 2.53. The van der Waals surface area contributed by atoms with Gasteiger partial charge >= 0.3 is 5.97 Å². The fourth-order valence-corrected chi connectivity index (χ4v) is 3.21. The Hall–Kier alpha value is -0.870. The van der Waals surface area contributed by atoms with Crippen LogP contribution in [0, 0.1) is 0 Å². The molecule has 1 heterocycles. The maximum Gasteiger partial charge on any atom is 0.349 e. The predicted molar refractivity (Wildman–Crippen MR) is 65.5 cm³/mol. The molecule has 1 aromatic carbocycles. The Morgan fingerprint density at radius 2 is 2.20 bits per heavy atom. The molecule has 4 heteroatoms. The summed E-state index contributed by atoms with van der Waals surface area (Å²) >= 11 is 4.88. The van der Waals surface area contributed by atoms with Gasteiger partial charge in [-0.05, 0) is 28.9 Å². The van der Waals surface area contributed by atoms with Crippen molar-refractivity contribution in [2.24, 2.45) is 0 Å². The molecule has 78 valence electrons. The molecule has 0 radical (unpaired) electrons. The van der Waals surface area contributed by atoms with Crippen LogP contribution in [0.1, 0.15) is 16.6 Å². The number of carbonyl (C=O) groups is 1. The van der Waals surface area contributed by atoms with Gasteiger partial charge in [-0.25, -0.2) is 4.79 Å². The third-order valence-corrected chi connectivity index (χ3v) is 4.23. The van der Waals surface area contributed by atoms with Crippen molar-refractivity contribution in [1.82, 2.24) is 0 Å². The van der Waals surface area contributed by atoms with E-state index in [4.69, 9.17) is 4.74 Å². The van der Waals surface area contributed by atoms with Crippen LogP contribution in [0.3, 0.4) is 0 Å². The van der Waals surface area contributed by atoms with Crippen LogP contribution in [0.25, 0.3) is 10.1 Å². The van der Waals surface area contributed by atoms with Crippen LogP contribution in [0.2, 0.25) is 0 Å². The van der Waals surface area contributed by atoms with Crippen molar-refractivity contribution in [2.45, 2.75) is 6.92 Å². The minimum Gasteiger partial charge on any atom is -0.462 e. The van der Waals surface area contributed by atoms with Gasteiger partial charge in [0.1, 0.15) is 4.88 Å². The number of carbonyl (C=O) groups excluding carboxylic acids is 1. The molecular formula is C11H9BrO2S. The van der Waals surface area contributed by atoms with Crippen molar-refractivity contribution < 1.29 is 9.53 Å². The minimum absolute atomic E-state index is 0.259. The number of benzene rings is 1. The van der Waals surface area contributed by atoms with E-state index in [1.807, 2.05) is 24.3 Å². The standard InChI is InChI=1S/C11H9BrO2S/c1-2-14-11(13)10-9(12)7-5-3-4-6-8(7)15-10/h3-6H,2H2,1H3. The van der Waals surface area contributed by atoms with Gasteiger partial charge in [0, 0.05) is 10.1 Å². The molecular weight excluding hydrogens is 276 g/mol. The van der Waals surface area contributed by atoms with Gasteiger partial charge in [0.25, 0.3) is 0 Å². The Labute approximate surface area is 100.0 Å². The van der Waals surface area contributed by atoms with E-state index in [1.165, 1.54) is 11.3 Å². The molecule has 0 spiro atoms. The normalized spacial score (nSPS) is 10.5. The quantitative estimate of drug-likeness (QED) is 0.784. The summed E-state index contributed by atoms with van der Waals surface area (Å²) in [5.41, 5.74) is 0. The summed E-state index contributed by atoms with van der Waals surface area (Å²) in [5, 5.41) is 1.06. The molecule has 1 aromatic heterocycles. The molecule has 0 atom stereocenters. The van der Waals surface area contributed by atoms with Gasteiger partial charge in [-0.3, -0.25) is 0 Å². The molecule has 2 aromatic rings. The molecule has 0 saturated heterocycles. The first kappa shape index (κ1) is 10.6. The zero-order valence-corrected chi connectivity index (χ0v) is 10.5. The van der Waals surface area contributed by atoms with Crippen molar-refractivity contribution >= 4 is 43.3 Å². The molecule has 2 nitrogen and oxygen atoms in total. The van der Waals surface area contributed by atoms with Gasteiger partial charge < -0.3 is 4.74 Å². The number of rotatable bonds is 2. The summed E-state index contributed by atoms with van der Waals surface area (Å²) in [6.45, 7) is 2.21. The predicted octanol–water partition coefficient (Wildman–Crippen LogP) is 3.84. The lowest BCUT2D eigenvalue weighted by Gasteiger charge is -1.98. The molecule has 0 aliphatic heterocycles. The van der Waals surface area contributed by atoms with Crippen molar-refractivity contribution in [2.75, 3.05) is 6.61 Å². The van der Waals surface area contributed by atoms with Gasteiger partial charge in [0.05, 0.1) is 11.1 Å². The second-order valence-electron chi connectivity index (χ2n) is 2.96. The SMILES string of the molecule is CCOC(=O)c1sc2ccccc2c1Br. The Morgan fingerprint density at radius 1 is 1.47 bits per heavy atom. The highest BCUT2D eigenvalue weighted by molar-refractivity contribution is 9.10. The summed E-state index contributed by atoms with van der Waals surface area (Å²) in [4.78, 5) is 12.2. The van der Waals surface area contributed by atoms with Crippen LogP contribution >= 0.6 is 27.3 Å². The van der Waals surface area contributed by atoms with E-state index in [0.717, 1.165) is 14.6 Å². The molecule has 0 bridgehead atoms. The molecule has 0 N–H and O–H groups in total. The van der Waals surface area contributed by atoms with Crippen LogP contribution < -0.4 is 0 Å². The second kappa shape index (κ2) is 4.33. The Morgan fingerprint density at radius 3 is 2.87 bits per heavy atom. The van der Waals surface area contributed by atoms with E-state index in [1.54, 1.807) is 6.92 Å². The Kier molecular flexibility index (Phi) is 3.07. The number of hydrogen-bond donors (Lipinski definition) is 0. The third kappa shape index (κ3) is 1.92. The fraction of sp³-hybridized carbons (Fsp3) is 0.182. The molecule has 0 saturated carbocycles. The molecule has 0 fully saturated rings. The number of hydrogen-bond acceptors (Lipinski definition) is 3. The largest absolute Gasteiger partial charge is 0.462 e. The molecule has 2 rings (SSSR count). The fourth-order valence-electron chi connectivity index (χ4n) is 1.34. The lowest BCUT2D eigenvalue weighted by atomic mass is 10.2. The summed E-state index contributed by atoms with van der Waals surface area (Å²) in [5.74, 6) is -0.259. The van der Waals surface area contributed by atoms with Gasteiger partial charge in [0.15, 0.2) is 0 Å². The first-order valence-corrected chi connectivity index (χ1v) is 6.19. The number of esters is 1. The maximum absolute atomic E-state index is 11.6. The number of halogens is 1.